The summed E-state index contributed by atoms with van der Waals surface area (Å²) in [7, 11) is 5.63. The highest BCUT2D eigenvalue weighted by Crippen LogP contribution is 2.04. The minimum atomic E-state index is 0.532. The van der Waals surface area contributed by atoms with Gasteiger partial charge in [-0.1, -0.05) is 24.5 Å². The second-order valence-electron chi connectivity index (χ2n) is 2.09. The van der Waals surface area contributed by atoms with E-state index in [1.165, 1.54) is 0 Å². The van der Waals surface area contributed by atoms with Crippen molar-refractivity contribution in [2.75, 3.05) is 6.54 Å². The van der Waals surface area contributed by atoms with Crippen molar-refractivity contribution in [3.05, 3.63) is 23.2 Å². The maximum absolute atomic E-state index is 5.63. The van der Waals surface area contributed by atoms with E-state index in [1.54, 1.807) is 0 Å². The molecule has 0 aromatic heterocycles. The monoisotopic (exact) mass is 135 g/mol. The standard InChI is InChI=1S/C8H14BN/c1-3-5-7(6-10)8(9)4-2/h4-5H,3,6,10H2,1-2H3/b7-5-,8-4+. The molecular formula is C8H14BN. The number of nitrogens with two attached hydrogens (primary N) is 1. The van der Waals surface area contributed by atoms with E-state index in [1.807, 2.05) is 13.0 Å². The quantitative estimate of drug-likeness (QED) is 0.458. The smallest absolute Gasteiger partial charge is 0.113 e. The second kappa shape index (κ2) is 5.30. The van der Waals surface area contributed by atoms with Crippen molar-refractivity contribution in [2.45, 2.75) is 20.3 Å². The van der Waals surface area contributed by atoms with E-state index in [0.717, 1.165) is 17.5 Å². The summed E-state index contributed by atoms with van der Waals surface area (Å²) in [4.78, 5) is 0. The van der Waals surface area contributed by atoms with Crippen LogP contribution in [0.25, 0.3) is 0 Å². The van der Waals surface area contributed by atoms with Gasteiger partial charge in [0.25, 0.3) is 0 Å². The Hall–Kier alpha value is -0.495. The molecule has 2 heteroatoms. The average Bonchev–Trinajstić information content (AvgIpc) is 1.99. The van der Waals surface area contributed by atoms with Crippen LogP contribution in [0.15, 0.2) is 23.2 Å². The molecule has 0 fully saturated rings. The molecule has 0 unspecified atom stereocenters. The molecule has 0 aliphatic rings. The molecule has 0 saturated carbocycles. The van der Waals surface area contributed by atoms with Gasteiger partial charge in [0, 0.05) is 6.54 Å². The molecule has 0 aliphatic carbocycles. The lowest BCUT2D eigenvalue weighted by Gasteiger charge is -2.03. The van der Waals surface area contributed by atoms with Gasteiger partial charge in [-0.05, 0) is 18.9 Å². The van der Waals surface area contributed by atoms with Crippen LogP contribution in [0.5, 0.6) is 0 Å². The highest BCUT2D eigenvalue weighted by Gasteiger charge is 1.92. The van der Waals surface area contributed by atoms with Crippen LogP contribution >= 0.6 is 0 Å². The van der Waals surface area contributed by atoms with E-state index in [9.17, 15) is 0 Å². The van der Waals surface area contributed by atoms with Crippen molar-refractivity contribution in [1.29, 1.82) is 0 Å². The summed E-state index contributed by atoms with van der Waals surface area (Å²) in [5.74, 6) is 0. The highest BCUT2D eigenvalue weighted by molar-refractivity contribution is 6.24. The minimum absolute atomic E-state index is 0.532. The fraction of sp³-hybridized carbons (Fsp3) is 0.500. The van der Waals surface area contributed by atoms with Crippen LogP contribution in [0.2, 0.25) is 0 Å². The van der Waals surface area contributed by atoms with Crippen LogP contribution in [-0.4, -0.2) is 14.4 Å². The number of allylic oxidation sites excluding steroid dienone is 2. The molecular weight excluding hydrogens is 121 g/mol. The topological polar surface area (TPSA) is 26.0 Å². The molecule has 0 bridgehead atoms. The summed E-state index contributed by atoms with van der Waals surface area (Å²) in [6.45, 7) is 4.51. The molecule has 0 heterocycles. The lowest BCUT2D eigenvalue weighted by atomic mass is 9.87. The van der Waals surface area contributed by atoms with Gasteiger partial charge >= 0.3 is 0 Å². The lowest BCUT2D eigenvalue weighted by molar-refractivity contribution is 1.12. The van der Waals surface area contributed by atoms with Gasteiger partial charge < -0.3 is 5.73 Å². The fourth-order valence-corrected chi connectivity index (χ4v) is 0.751. The fourth-order valence-electron chi connectivity index (χ4n) is 0.751. The zero-order valence-corrected chi connectivity index (χ0v) is 6.72. The molecule has 1 nitrogen and oxygen atoms in total. The van der Waals surface area contributed by atoms with Gasteiger partial charge in [0.05, 0.1) is 0 Å². The Morgan fingerprint density at radius 1 is 1.60 bits per heavy atom. The largest absolute Gasteiger partial charge is 0.327 e. The summed E-state index contributed by atoms with van der Waals surface area (Å²) >= 11 is 0. The van der Waals surface area contributed by atoms with Crippen molar-refractivity contribution in [3.63, 3.8) is 0 Å². The zero-order valence-electron chi connectivity index (χ0n) is 6.72. The SMILES string of the molecule is [B]C(=C/C)/C(=C\CC)CN. The molecule has 10 heavy (non-hydrogen) atoms. The summed E-state index contributed by atoms with van der Waals surface area (Å²) in [6.07, 6.45) is 4.91. The van der Waals surface area contributed by atoms with Crippen molar-refractivity contribution in [1.82, 2.24) is 0 Å². The van der Waals surface area contributed by atoms with E-state index < -0.39 is 0 Å². The van der Waals surface area contributed by atoms with Crippen molar-refractivity contribution in [2.24, 2.45) is 5.73 Å². The molecule has 0 rings (SSSR count). The molecule has 0 aromatic rings. The summed E-state index contributed by atoms with van der Waals surface area (Å²) in [5.41, 5.74) is 7.29. The Morgan fingerprint density at radius 2 is 2.20 bits per heavy atom. The van der Waals surface area contributed by atoms with Gasteiger partial charge in [-0.25, -0.2) is 0 Å². The maximum atomic E-state index is 5.63. The van der Waals surface area contributed by atoms with Gasteiger partial charge in [0.15, 0.2) is 0 Å². The Balaban J connectivity index is 4.21. The number of hydrogen-bond donors (Lipinski definition) is 1. The minimum Gasteiger partial charge on any atom is -0.327 e. The molecule has 2 N–H and O–H groups in total. The van der Waals surface area contributed by atoms with Crippen LogP contribution in [0.4, 0.5) is 0 Å². The lowest BCUT2D eigenvalue weighted by Crippen LogP contribution is -2.05. The summed E-state index contributed by atoms with van der Waals surface area (Å²) < 4.78 is 0. The van der Waals surface area contributed by atoms with Crippen LogP contribution in [0, 0.1) is 0 Å². The molecule has 0 aliphatic heterocycles. The van der Waals surface area contributed by atoms with Gasteiger partial charge in [-0.3, -0.25) is 0 Å². The van der Waals surface area contributed by atoms with Crippen LogP contribution in [0.1, 0.15) is 20.3 Å². The third kappa shape index (κ3) is 2.88. The van der Waals surface area contributed by atoms with Gasteiger partial charge in [-0.15, -0.1) is 0 Å². The zero-order chi connectivity index (χ0) is 7.98. The first-order valence-electron chi connectivity index (χ1n) is 3.57. The first-order valence-corrected chi connectivity index (χ1v) is 3.57. The molecule has 0 saturated heterocycles. The molecule has 0 atom stereocenters. The normalized spacial score (nSPS) is 13.9. The predicted octanol–water partition coefficient (Wildman–Crippen LogP) is 1.35. The predicted molar refractivity (Wildman–Crippen MR) is 46.9 cm³/mol. The maximum Gasteiger partial charge on any atom is 0.113 e. The Kier molecular flexibility index (Phi) is 5.04. The molecule has 2 radical (unpaired) electrons. The first kappa shape index (κ1) is 9.50. The average molecular weight is 135 g/mol. The van der Waals surface area contributed by atoms with E-state index >= 15 is 0 Å². The highest BCUT2D eigenvalue weighted by atomic mass is 14.5. The molecule has 54 valence electrons. The van der Waals surface area contributed by atoms with Crippen LogP contribution in [0.3, 0.4) is 0 Å². The van der Waals surface area contributed by atoms with E-state index in [2.05, 4.69) is 13.0 Å². The van der Waals surface area contributed by atoms with Gasteiger partial charge in [0.1, 0.15) is 7.85 Å². The number of rotatable bonds is 3. The molecule has 0 aromatic carbocycles. The van der Waals surface area contributed by atoms with Crippen molar-refractivity contribution in [3.8, 4) is 0 Å². The third-order valence-electron chi connectivity index (χ3n) is 1.35. The molecule has 0 spiro atoms. The van der Waals surface area contributed by atoms with E-state index in [0.29, 0.717) is 6.54 Å². The summed E-state index contributed by atoms with van der Waals surface area (Å²) in [5, 5.41) is 0. The number of hydrogen-bond acceptors (Lipinski definition) is 1. The van der Waals surface area contributed by atoms with Crippen LogP contribution in [-0.2, 0) is 0 Å². The second-order valence-corrected chi connectivity index (χ2v) is 2.09. The third-order valence-corrected chi connectivity index (χ3v) is 1.35. The molecule has 0 amide bonds. The Bertz CT molecular complexity index is 147. The van der Waals surface area contributed by atoms with Crippen LogP contribution < -0.4 is 5.73 Å². The van der Waals surface area contributed by atoms with E-state index in [4.69, 9.17) is 13.6 Å². The summed E-state index contributed by atoms with van der Waals surface area (Å²) in [6, 6.07) is 0. The first-order chi connectivity index (χ1) is 4.76. The van der Waals surface area contributed by atoms with E-state index in [-0.39, 0.29) is 0 Å². The van der Waals surface area contributed by atoms with Crippen molar-refractivity contribution < 1.29 is 0 Å². The Morgan fingerprint density at radius 3 is 2.50 bits per heavy atom. The van der Waals surface area contributed by atoms with Crippen molar-refractivity contribution >= 4 is 7.85 Å². The Labute approximate surface area is 64.4 Å². The van der Waals surface area contributed by atoms with Gasteiger partial charge in [-0.2, -0.15) is 0 Å². The van der Waals surface area contributed by atoms with Gasteiger partial charge in [0.2, 0.25) is 0 Å².